The van der Waals surface area contributed by atoms with Gasteiger partial charge in [-0.3, -0.25) is 9.59 Å². The van der Waals surface area contributed by atoms with Crippen LogP contribution in [0.1, 0.15) is 19.4 Å². The molecule has 3 rings (SSSR count). The summed E-state index contributed by atoms with van der Waals surface area (Å²) in [5.74, 6) is -0.951. The van der Waals surface area contributed by atoms with Gasteiger partial charge in [0.05, 0.1) is 5.39 Å². The van der Waals surface area contributed by atoms with Gasteiger partial charge in [-0.1, -0.05) is 24.3 Å². The van der Waals surface area contributed by atoms with E-state index >= 15 is 0 Å². The van der Waals surface area contributed by atoms with Gasteiger partial charge in [-0.25, -0.2) is 0 Å². The summed E-state index contributed by atoms with van der Waals surface area (Å²) in [6, 6.07) is 10.4. The summed E-state index contributed by atoms with van der Waals surface area (Å²) in [6.45, 7) is 1.70. The number of aromatic nitrogens is 3. The largest absolute Gasteiger partial charge is 0.573 e. The van der Waals surface area contributed by atoms with Crippen LogP contribution in [0.15, 0.2) is 53.3 Å². The molecule has 1 amide bonds. The quantitative estimate of drug-likeness (QED) is 0.720. The highest BCUT2D eigenvalue weighted by molar-refractivity contribution is 5.93. The molecular formula is C18H15F3N4O3. The normalized spacial score (nSPS) is 12.6. The maximum atomic E-state index is 12.6. The van der Waals surface area contributed by atoms with E-state index in [4.69, 9.17) is 0 Å². The van der Waals surface area contributed by atoms with Gasteiger partial charge in [-0.2, -0.15) is 4.68 Å². The van der Waals surface area contributed by atoms with Crippen LogP contribution in [0.25, 0.3) is 10.9 Å². The van der Waals surface area contributed by atoms with E-state index in [-0.39, 0.29) is 12.1 Å². The molecule has 146 valence electrons. The van der Waals surface area contributed by atoms with Gasteiger partial charge in [0.25, 0.3) is 5.56 Å². The van der Waals surface area contributed by atoms with E-state index in [1.54, 1.807) is 31.2 Å². The molecule has 0 aliphatic heterocycles. The third kappa shape index (κ3) is 4.27. The first-order valence-electron chi connectivity index (χ1n) is 8.29. The average Bonchev–Trinajstić information content (AvgIpc) is 2.65. The van der Waals surface area contributed by atoms with Crippen LogP contribution in [-0.2, 0) is 4.79 Å². The van der Waals surface area contributed by atoms with Crippen molar-refractivity contribution < 1.29 is 22.7 Å². The molecule has 0 spiro atoms. The van der Waals surface area contributed by atoms with Gasteiger partial charge in [0.15, 0.2) is 0 Å². The van der Waals surface area contributed by atoms with E-state index in [9.17, 15) is 22.8 Å². The zero-order chi connectivity index (χ0) is 20.3. The highest BCUT2D eigenvalue weighted by Crippen LogP contribution is 2.24. The Morgan fingerprint density at radius 3 is 2.50 bits per heavy atom. The molecule has 1 aromatic heterocycles. The molecule has 1 N–H and O–H groups in total. The van der Waals surface area contributed by atoms with Gasteiger partial charge < -0.3 is 10.1 Å². The second kappa shape index (κ2) is 7.67. The molecular weight excluding hydrogens is 377 g/mol. The number of halogens is 3. The van der Waals surface area contributed by atoms with E-state index in [1.165, 1.54) is 12.1 Å². The Kier molecular flexibility index (Phi) is 5.30. The van der Waals surface area contributed by atoms with Gasteiger partial charge >= 0.3 is 6.36 Å². The predicted octanol–water partition coefficient (Wildman–Crippen LogP) is 3.28. The summed E-state index contributed by atoms with van der Waals surface area (Å²) in [7, 11) is 0. The zero-order valence-electron chi connectivity index (χ0n) is 14.6. The van der Waals surface area contributed by atoms with Crippen LogP contribution in [-0.4, -0.2) is 27.3 Å². The summed E-state index contributed by atoms with van der Waals surface area (Å²) in [5, 5.41) is 10.7. The second-order valence-electron chi connectivity index (χ2n) is 5.84. The van der Waals surface area contributed by atoms with Crippen molar-refractivity contribution in [3.05, 3.63) is 58.9 Å². The predicted molar refractivity (Wildman–Crippen MR) is 94.9 cm³/mol. The zero-order valence-corrected chi connectivity index (χ0v) is 14.6. The number of carbonyl (C=O) groups excluding carboxylic acids is 1. The second-order valence-corrected chi connectivity index (χ2v) is 5.84. The summed E-state index contributed by atoms with van der Waals surface area (Å²) in [5.41, 5.74) is 0.209. The highest BCUT2D eigenvalue weighted by Gasteiger charge is 2.31. The Morgan fingerprint density at radius 1 is 1.18 bits per heavy atom. The fourth-order valence-corrected chi connectivity index (χ4v) is 2.64. The molecule has 28 heavy (non-hydrogen) atoms. The van der Waals surface area contributed by atoms with Gasteiger partial charge in [0.2, 0.25) is 5.91 Å². The van der Waals surface area contributed by atoms with Gasteiger partial charge in [-0.15, -0.1) is 18.3 Å². The lowest BCUT2D eigenvalue weighted by molar-refractivity contribution is -0.274. The summed E-state index contributed by atoms with van der Waals surface area (Å²) >= 11 is 0. The molecule has 3 aromatic rings. The highest BCUT2D eigenvalue weighted by atomic mass is 19.4. The van der Waals surface area contributed by atoms with Crippen molar-refractivity contribution in [2.24, 2.45) is 0 Å². The third-order valence-electron chi connectivity index (χ3n) is 3.93. The third-order valence-corrected chi connectivity index (χ3v) is 3.93. The molecule has 1 unspecified atom stereocenters. The lowest BCUT2D eigenvalue weighted by Gasteiger charge is -2.16. The monoisotopic (exact) mass is 392 g/mol. The average molecular weight is 392 g/mol. The molecule has 0 saturated carbocycles. The van der Waals surface area contributed by atoms with Crippen molar-refractivity contribution in [3.8, 4) is 5.75 Å². The van der Waals surface area contributed by atoms with E-state index in [0.717, 1.165) is 16.8 Å². The van der Waals surface area contributed by atoms with Crippen LogP contribution in [0, 0.1) is 0 Å². The number of nitrogens with zero attached hydrogens (tertiary/aromatic N) is 3. The molecule has 1 heterocycles. The Bertz CT molecular complexity index is 1050. The van der Waals surface area contributed by atoms with Crippen molar-refractivity contribution in [1.82, 2.24) is 15.0 Å². The topological polar surface area (TPSA) is 86.1 Å². The van der Waals surface area contributed by atoms with Crippen LogP contribution in [0.2, 0.25) is 0 Å². The number of nitrogens with one attached hydrogen (secondary N) is 1. The molecule has 0 saturated heterocycles. The summed E-state index contributed by atoms with van der Waals surface area (Å²) in [6.07, 6.45) is -4.54. The number of carbonyl (C=O) groups is 1. The number of alkyl halides is 3. The summed E-state index contributed by atoms with van der Waals surface area (Å²) in [4.78, 5) is 25.2. The molecule has 0 aliphatic carbocycles. The molecule has 7 nitrogen and oxygen atoms in total. The smallest absolute Gasteiger partial charge is 0.406 e. The van der Waals surface area contributed by atoms with E-state index < -0.39 is 29.6 Å². The van der Waals surface area contributed by atoms with Gasteiger partial charge in [0.1, 0.15) is 17.3 Å². The molecule has 0 radical (unpaired) electrons. The van der Waals surface area contributed by atoms with Crippen LogP contribution < -0.4 is 15.6 Å². The van der Waals surface area contributed by atoms with Crippen molar-refractivity contribution in [2.45, 2.75) is 25.7 Å². The van der Waals surface area contributed by atoms with Crippen LogP contribution in [0.4, 0.5) is 18.9 Å². The Balaban J connectivity index is 1.81. The fraction of sp³-hybridized carbons (Fsp3) is 0.222. The first kappa shape index (κ1) is 19.3. The summed E-state index contributed by atoms with van der Waals surface area (Å²) < 4.78 is 41.4. The Hall–Kier alpha value is -3.43. The first-order chi connectivity index (χ1) is 13.3. The number of hydrogen-bond acceptors (Lipinski definition) is 5. The lowest BCUT2D eigenvalue weighted by atomic mass is 10.2. The van der Waals surface area contributed by atoms with Gasteiger partial charge in [-0.05, 0) is 42.8 Å². The minimum absolute atomic E-state index is 0.250. The number of fused-ring (bicyclic) bond motifs is 1. The SMILES string of the molecule is CCC(C(=O)Nc1ccc(OC(F)(F)F)cc1)n1nnc2ccccc2c1=O. The van der Waals surface area contributed by atoms with Crippen molar-refractivity contribution in [2.75, 3.05) is 5.32 Å². The molecule has 1 atom stereocenters. The maximum Gasteiger partial charge on any atom is 0.573 e. The Morgan fingerprint density at radius 2 is 1.86 bits per heavy atom. The van der Waals surface area contributed by atoms with Crippen LogP contribution in [0.3, 0.4) is 0 Å². The number of hydrogen-bond donors (Lipinski definition) is 1. The number of amides is 1. The number of rotatable bonds is 5. The number of benzene rings is 2. The molecule has 10 heteroatoms. The van der Waals surface area contributed by atoms with Crippen molar-refractivity contribution >= 4 is 22.5 Å². The van der Waals surface area contributed by atoms with Crippen LogP contribution in [0.5, 0.6) is 5.75 Å². The van der Waals surface area contributed by atoms with E-state index in [0.29, 0.717) is 10.9 Å². The first-order valence-corrected chi connectivity index (χ1v) is 8.29. The lowest BCUT2D eigenvalue weighted by Crippen LogP contribution is -2.35. The molecule has 0 aliphatic rings. The number of ether oxygens (including phenoxy) is 1. The minimum Gasteiger partial charge on any atom is -0.406 e. The molecule has 0 bridgehead atoms. The van der Waals surface area contributed by atoms with Crippen molar-refractivity contribution in [3.63, 3.8) is 0 Å². The maximum absolute atomic E-state index is 12.6. The van der Waals surface area contributed by atoms with E-state index in [2.05, 4.69) is 20.4 Å². The van der Waals surface area contributed by atoms with E-state index in [1.807, 2.05) is 0 Å². The standard InChI is InChI=1S/C18H15F3N4O3/c1-2-15(25-17(27)13-5-3-4-6-14(13)23-24-25)16(26)22-11-7-9-12(10-8-11)28-18(19,20)21/h3-10,15H,2H2,1H3,(H,22,26). The number of anilines is 1. The minimum atomic E-state index is -4.80. The van der Waals surface area contributed by atoms with Gasteiger partial charge in [0, 0.05) is 5.69 Å². The molecule has 0 fully saturated rings. The van der Waals surface area contributed by atoms with Crippen molar-refractivity contribution in [1.29, 1.82) is 0 Å². The molecule has 2 aromatic carbocycles. The van der Waals surface area contributed by atoms with Crippen LogP contribution >= 0.6 is 0 Å². The fourth-order valence-electron chi connectivity index (χ4n) is 2.64. The Labute approximate surface area is 156 Å².